The van der Waals surface area contributed by atoms with Crippen LogP contribution in [-0.4, -0.2) is 9.91 Å². The van der Waals surface area contributed by atoms with Gasteiger partial charge in [-0.2, -0.15) is 11.3 Å². The summed E-state index contributed by atoms with van der Waals surface area (Å²) >= 11 is 3.21. The van der Waals surface area contributed by atoms with Gasteiger partial charge in [-0.05, 0) is 40.6 Å². The molecule has 0 saturated heterocycles. The molecule has 0 atom stereocenters. The standard InChI is InChI=1S/C15H10N2O2S2/c18-17(19)13-4-2-12(3-5-13)14-10-21-15(16-14)6-1-11-7-8-20-9-11/h1-10H. The quantitative estimate of drug-likeness (QED) is 0.505. The molecule has 0 unspecified atom stereocenters. The number of hydrogen-bond donors (Lipinski definition) is 0. The summed E-state index contributed by atoms with van der Waals surface area (Å²) in [7, 11) is 0. The van der Waals surface area contributed by atoms with Gasteiger partial charge in [-0.15, -0.1) is 11.3 Å². The molecule has 3 aromatic rings. The highest BCUT2D eigenvalue weighted by Gasteiger charge is 2.07. The Morgan fingerprint density at radius 3 is 2.57 bits per heavy atom. The molecule has 0 aliphatic rings. The third kappa shape index (κ3) is 3.24. The topological polar surface area (TPSA) is 56.0 Å². The summed E-state index contributed by atoms with van der Waals surface area (Å²) in [5.41, 5.74) is 2.96. The van der Waals surface area contributed by atoms with E-state index in [4.69, 9.17) is 0 Å². The van der Waals surface area contributed by atoms with Gasteiger partial charge in [0.1, 0.15) is 5.01 Å². The Morgan fingerprint density at radius 2 is 1.90 bits per heavy atom. The van der Waals surface area contributed by atoms with Gasteiger partial charge in [-0.25, -0.2) is 4.98 Å². The van der Waals surface area contributed by atoms with Crippen LogP contribution >= 0.6 is 22.7 Å². The Kier molecular flexibility index (Phi) is 3.89. The first kappa shape index (κ1) is 13.7. The Labute approximate surface area is 129 Å². The zero-order valence-electron chi connectivity index (χ0n) is 10.8. The first-order valence-electron chi connectivity index (χ1n) is 6.13. The fraction of sp³-hybridized carbons (Fsp3) is 0. The molecular formula is C15H10N2O2S2. The van der Waals surface area contributed by atoms with E-state index in [2.05, 4.69) is 10.4 Å². The minimum absolute atomic E-state index is 0.0894. The number of thiazole rings is 1. The van der Waals surface area contributed by atoms with Gasteiger partial charge in [0.2, 0.25) is 0 Å². The summed E-state index contributed by atoms with van der Waals surface area (Å²) in [4.78, 5) is 14.8. The van der Waals surface area contributed by atoms with Crippen molar-refractivity contribution >= 4 is 40.5 Å². The molecule has 0 amide bonds. The number of benzene rings is 1. The summed E-state index contributed by atoms with van der Waals surface area (Å²) in [5.74, 6) is 0. The third-order valence-corrected chi connectivity index (χ3v) is 4.37. The number of aromatic nitrogens is 1. The lowest BCUT2D eigenvalue weighted by atomic mass is 10.1. The molecule has 1 aromatic carbocycles. The van der Waals surface area contributed by atoms with Crippen LogP contribution < -0.4 is 0 Å². The molecule has 0 radical (unpaired) electrons. The monoisotopic (exact) mass is 314 g/mol. The van der Waals surface area contributed by atoms with Crippen molar-refractivity contribution in [3.05, 3.63) is 67.2 Å². The van der Waals surface area contributed by atoms with Gasteiger partial charge in [-0.3, -0.25) is 10.1 Å². The molecule has 4 nitrogen and oxygen atoms in total. The maximum atomic E-state index is 10.6. The molecule has 0 N–H and O–H groups in total. The number of nitro groups is 1. The van der Waals surface area contributed by atoms with Crippen LogP contribution in [-0.2, 0) is 0 Å². The lowest BCUT2D eigenvalue weighted by molar-refractivity contribution is -0.384. The van der Waals surface area contributed by atoms with Gasteiger partial charge < -0.3 is 0 Å². The van der Waals surface area contributed by atoms with Crippen molar-refractivity contribution in [3.8, 4) is 11.3 Å². The molecule has 2 heterocycles. The van der Waals surface area contributed by atoms with Gasteiger partial charge in [-0.1, -0.05) is 6.08 Å². The Hall–Kier alpha value is -2.31. The number of rotatable bonds is 4. The first-order valence-corrected chi connectivity index (χ1v) is 7.95. The molecule has 2 aromatic heterocycles. The van der Waals surface area contributed by atoms with E-state index in [0.717, 1.165) is 21.8 Å². The van der Waals surface area contributed by atoms with E-state index in [1.165, 1.54) is 12.1 Å². The van der Waals surface area contributed by atoms with Crippen LogP contribution in [0.25, 0.3) is 23.4 Å². The van der Waals surface area contributed by atoms with Crippen molar-refractivity contribution < 1.29 is 4.92 Å². The average Bonchev–Trinajstić information content (AvgIpc) is 3.17. The highest BCUT2D eigenvalue weighted by atomic mass is 32.1. The minimum atomic E-state index is -0.403. The molecule has 0 fully saturated rings. The molecule has 0 saturated carbocycles. The van der Waals surface area contributed by atoms with E-state index >= 15 is 0 Å². The second-order valence-electron chi connectivity index (χ2n) is 4.26. The molecule has 104 valence electrons. The lowest BCUT2D eigenvalue weighted by Crippen LogP contribution is -1.87. The summed E-state index contributed by atoms with van der Waals surface area (Å²) in [6, 6.07) is 8.48. The molecular weight excluding hydrogens is 304 g/mol. The molecule has 0 aliphatic carbocycles. The van der Waals surface area contributed by atoms with Crippen LogP contribution in [0.2, 0.25) is 0 Å². The minimum Gasteiger partial charge on any atom is -0.258 e. The van der Waals surface area contributed by atoms with Crippen LogP contribution in [0.4, 0.5) is 5.69 Å². The van der Waals surface area contributed by atoms with Crippen molar-refractivity contribution in [1.82, 2.24) is 4.98 Å². The summed E-state index contributed by atoms with van der Waals surface area (Å²) < 4.78 is 0. The smallest absolute Gasteiger partial charge is 0.258 e. The summed E-state index contributed by atoms with van der Waals surface area (Å²) in [6.07, 6.45) is 4.00. The number of nitrogens with zero attached hydrogens (tertiary/aromatic N) is 2. The third-order valence-electron chi connectivity index (χ3n) is 2.86. The molecule has 0 aliphatic heterocycles. The number of nitro benzene ring substituents is 1. The zero-order chi connectivity index (χ0) is 14.7. The lowest BCUT2D eigenvalue weighted by Gasteiger charge is -1.95. The highest BCUT2D eigenvalue weighted by Crippen LogP contribution is 2.25. The van der Waals surface area contributed by atoms with E-state index in [1.807, 2.05) is 29.0 Å². The van der Waals surface area contributed by atoms with Crippen molar-refractivity contribution in [2.75, 3.05) is 0 Å². The van der Waals surface area contributed by atoms with E-state index in [-0.39, 0.29) is 5.69 Å². The number of hydrogen-bond acceptors (Lipinski definition) is 5. The molecule has 3 rings (SSSR count). The van der Waals surface area contributed by atoms with Gasteiger partial charge in [0, 0.05) is 23.1 Å². The van der Waals surface area contributed by atoms with Gasteiger partial charge in [0.05, 0.1) is 10.6 Å². The van der Waals surface area contributed by atoms with Gasteiger partial charge >= 0.3 is 0 Å². The maximum Gasteiger partial charge on any atom is 0.269 e. The number of thiophene rings is 1. The second kappa shape index (κ2) is 5.99. The van der Waals surface area contributed by atoms with Crippen LogP contribution in [0.3, 0.4) is 0 Å². The fourth-order valence-electron chi connectivity index (χ4n) is 1.79. The summed E-state index contributed by atoms with van der Waals surface area (Å²) in [5, 5.41) is 17.6. The average molecular weight is 314 g/mol. The molecule has 21 heavy (non-hydrogen) atoms. The van der Waals surface area contributed by atoms with Crippen LogP contribution in [0.1, 0.15) is 10.6 Å². The van der Waals surface area contributed by atoms with Crippen molar-refractivity contribution in [3.63, 3.8) is 0 Å². The summed E-state index contributed by atoms with van der Waals surface area (Å²) in [6.45, 7) is 0. The van der Waals surface area contributed by atoms with E-state index in [9.17, 15) is 10.1 Å². The predicted molar refractivity (Wildman–Crippen MR) is 87.5 cm³/mol. The Morgan fingerprint density at radius 1 is 1.10 bits per heavy atom. The van der Waals surface area contributed by atoms with Crippen LogP contribution in [0, 0.1) is 10.1 Å². The predicted octanol–water partition coefficient (Wildman–Crippen LogP) is 4.95. The Bertz CT molecular complexity index is 774. The van der Waals surface area contributed by atoms with Crippen molar-refractivity contribution in [2.45, 2.75) is 0 Å². The van der Waals surface area contributed by atoms with Crippen LogP contribution in [0.15, 0.2) is 46.5 Å². The second-order valence-corrected chi connectivity index (χ2v) is 5.93. The largest absolute Gasteiger partial charge is 0.269 e. The molecule has 0 bridgehead atoms. The first-order chi connectivity index (χ1) is 10.2. The Balaban J connectivity index is 1.79. The van der Waals surface area contributed by atoms with Crippen LogP contribution in [0.5, 0.6) is 0 Å². The highest BCUT2D eigenvalue weighted by molar-refractivity contribution is 7.11. The normalized spacial score (nSPS) is 11.0. The van der Waals surface area contributed by atoms with Crippen molar-refractivity contribution in [1.29, 1.82) is 0 Å². The van der Waals surface area contributed by atoms with Gasteiger partial charge in [0.25, 0.3) is 5.69 Å². The van der Waals surface area contributed by atoms with Crippen molar-refractivity contribution in [2.24, 2.45) is 0 Å². The van der Waals surface area contributed by atoms with E-state index in [0.29, 0.717) is 0 Å². The molecule has 6 heteroatoms. The SMILES string of the molecule is O=[N+]([O-])c1ccc(-c2csc(C=Cc3ccsc3)n2)cc1. The molecule has 0 spiro atoms. The van der Waals surface area contributed by atoms with Gasteiger partial charge in [0.15, 0.2) is 0 Å². The maximum absolute atomic E-state index is 10.6. The number of non-ortho nitro benzene ring substituents is 1. The fourth-order valence-corrected chi connectivity index (χ4v) is 3.14. The van der Waals surface area contributed by atoms with E-state index in [1.54, 1.807) is 34.8 Å². The van der Waals surface area contributed by atoms with E-state index < -0.39 is 4.92 Å². The zero-order valence-corrected chi connectivity index (χ0v) is 12.4.